The van der Waals surface area contributed by atoms with E-state index in [0.717, 1.165) is 37.3 Å². The first-order valence-corrected chi connectivity index (χ1v) is 7.00. The summed E-state index contributed by atoms with van der Waals surface area (Å²) in [6.45, 7) is 5.78. The van der Waals surface area contributed by atoms with E-state index < -0.39 is 0 Å². The van der Waals surface area contributed by atoms with E-state index in [2.05, 4.69) is 34.2 Å². The van der Waals surface area contributed by atoms with Crippen LogP contribution in [0.5, 0.6) is 0 Å². The standard InChI is InChI=1S/C13H20N6O/c1-8(2)10-7-15-19-11(10)17-13(18-12(19)14)16-9-3-5-20-6-4-9/h7-9H,3-6H2,1-2H3,(H3,14,16,17,18). The molecule has 2 aromatic rings. The van der Waals surface area contributed by atoms with Gasteiger partial charge in [0.1, 0.15) is 0 Å². The van der Waals surface area contributed by atoms with E-state index in [1.165, 1.54) is 0 Å². The summed E-state index contributed by atoms with van der Waals surface area (Å²) in [4.78, 5) is 8.85. The van der Waals surface area contributed by atoms with Gasteiger partial charge in [-0.05, 0) is 18.8 Å². The molecule has 7 nitrogen and oxygen atoms in total. The molecule has 1 saturated heterocycles. The average molecular weight is 276 g/mol. The molecule has 0 unspecified atom stereocenters. The molecule has 0 aromatic carbocycles. The van der Waals surface area contributed by atoms with Crippen LogP contribution < -0.4 is 11.1 Å². The lowest BCUT2D eigenvalue weighted by molar-refractivity contribution is 0.0903. The fourth-order valence-corrected chi connectivity index (χ4v) is 2.41. The Morgan fingerprint density at radius 2 is 2.10 bits per heavy atom. The number of nitrogen functional groups attached to an aromatic ring is 1. The van der Waals surface area contributed by atoms with Crippen molar-refractivity contribution in [3.8, 4) is 0 Å². The summed E-state index contributed by atoms with van der Waals surface area (Å²) in [5.74, 6) is 1.28. The maximum Gasteiger partial charge on any atom is 0.228 e. The predicted octanol–water partition coefficient (Wildman–Crippen LogP) is 1.42. The number of nitrogens with two attached hydrogens (primary N) is 1. The number of hydrogen-bond acceptors (Lipinski definition) is 6. The molecular weight excluding hydrogens is 256 g/mol. The molecule has 3 N–H and O–H groups in total. The Hall–Kier alpha value is -1.89. The number of hydrogen-bond donors (Lipinski definition) is 2. The monoisotopic (exact) mass is 276 g/mol. The van der Waals surface area contributed by atoms with Crippen LogP contribution in [0.4, 0.5) is 11.9 Å². The number of nitrogens with zero attached hydrogens (tertiary/aromatic N) is 4. The molecule has 0 atom stereocenters. The molecule has 3 rings (SSSR count). The summed E-state index contributed by atoms with van der Waals surface area (Å²) in [5, 5.41) is 7.59. The van der Waals surface area contributed by atoms with E-state index in [0.29, 0.717) is 23.9 Å². The molecule has 0 radical (unpaired) electrons. The second kappa shape index (κ2) is 5.24. The van der Waals surface area contributed by atoms with Crippen molar-refractivity contribution in [3.05, 3.63) is 11.8 Å². The first kappa shape index (κ1) is 13.1. The molecule has 0 bridgehead atoms. The molecule has 0 saturated carbocycles. The van der Waals surface area contributed by atoms with Crippen LogP contribution in [0.1, 0.15) is 38.2 Å². The van der Waals surface area contributed by atoms with Gasteiger partial charge in [-0.15, -0.1) is 0 Å². The minimum Gasteiger partial charge on any atom is -0.381 e. The van der Waals surface area contributed by atoms with E-state index in [9.17, 15) is 0 Å². The lowest BCUT2D eigenvalue weighted by atomic mass is 10.1. The topological polar surface area (TPSA) is 90.4 Å². The van der Waals surface area contributed by atoms with Gasteiger partial charge in [-0.25, -0.2) is 0 Å². The van der Waals surface area contributed by atoms with Crippen molar-refractivity contribution >= 4 is 17.5 Å². The van der Waals surface area contributed by atoms with Gasteiger partial charge >= 0.3 is 0 Å². The van der Waals surface area contributed by atoms with Crippen molar-refractivity contribution in [2.45, 2.75) is 38.6 Å². The van der Waals surface area contributed by atoms with Crippen LogP contribution in [0.25, 0.3) is 5.65 Å². The highest BCUT2D eigenvalue weighted by Gasteiger charge is 2.17. The third-order valence-electron chi connectivity index (χ3n) is 3.60. The molecule has 7 heteroatoms. The van der Waals surface area contributed by atoms with Crippen LogP contribution in [-0.2, 0) is 4.74 Å². The zero-order valence-electron chi connectivity index (χ0n) is 11.8. The number of fused-ring (bicyclic) bond motifs is 1. The largest absolute Gasteiger partial charge is 0.381 e. The van der Waals surface area contributed by atoms with Crippen molar-refractivity contribution < 1.29 is 4.74 Å². The normalized spacial score (nSPS) is 16.9. The average Bonchev–Trinajstić information content (AvgIpc) is 2.84. The number of nitrogens with one attached hydrogen (secondary N) is 1. The van der Waals surface area contributed by atoms with E-state index in [1.54, 1.807) is 4.52 Å². The first-order chi connectivity index (χ1) is 9.65. The molecule has 0 spiro atoms. The van der Waals surface area contributed by atoms with Gasteiger partial charge in [0.25, 0.3) is 0 Å². The van der Waals surface area contributed by atoms with Crippen LogP contribution in [0.3, 0.4) is 0 Å². The van der Waals surface area contributed by atoms with Gasteiger partial charge in [0, 0.05) is 24.8 Å². The molecular formula is C13H20N6O. The maximum absolute atomic E-state index is 5.96. The SMILES string of the molecule is CC(C)c1cnn2c(N)nc(NC3CCOCC3)nc12. The third-order valence-corrected chi connectivity index (χ3v) is 3.60. The summed E-state index contributed by atoms with van der Waals surface area (Å²) >= 11 is 0. The van der Waals surface area contributed by atoms with Crippen molar-refractivity contribution in [3.63, 3.8) is 0 Å². The highest BCUT2D eigenvalue weighted by atomic mass is 16.5. The minimum atomic E-state index is 0.344. The van der Waals surface area contributed by atoms with Crippen LogP contribution >= 0.6 is 0 Å². The Balaban J connectivity index is 1.93. The molecule has 20 heavy (non-hydrogen) atoms. The molecule has 1 aliphatic rings. The third kappa shape index (κ3) is 2.40. The number of ether oxygens (including phenoxy) is 1. The van der Waals surface area contributed by atoms with Crippen molar-refractivity contribution in [2.24, 2.45) is 0 Å². The van der Waals surface area contributed by atoms with Crippen LogP contribution in [-0.4, -0.2) is 38.8 Å². The minimum absolute atomic E-state index is 0.344. The second-order valence-electron chi connectivity index (χ2n) is 5.43. The van der Waals surface area contributed by atoms with Crippen molar-refractivity contribution in [1.29, 1.82) is 0 Å². The van der Waals surface area contributed by atoms with Crippen molar-refractivity contribution in [1.82, 2.24) is 19.6 Å². The Morgan fingerprint density at radius 3 is 2.80 bits per heavy atom. The molecule has 3 heterocycles. The summed E-state index contributed by atoms with van der Waals surface area (Å²) in [6, 6.07) is 0.344. The fourth-order valence-electron chi connectivity index (χ4n) is 2.41. The van der Waals surface area contributed by atoms with Gasteiger partial charge in [0.05, 0.1) is 6.20 Å². The highest BCUT2D eigenvalue weighted by molar-refractivity contribution is 5.54. The van der Waals surface area contributed by atoms with Gasteiger partial charge in [-0.3, -0.25) is 0 Å². The Morgan fingerprint density at radius 1 is 1.35 bits per heavy atom. The molecule has 0 aliphatic carbocycles. The molecule has 108 valence electrons. The fraction of sp³-hybridized carbons (Fsp3) is 0.615. The number of rotatable bonds is 3. The van der Waals surface area contributed by atoms with Gasteiger partial charge in [0.15, 0.2) is 5.65 Å². The molecule has 1 fully saturated rings. The zero-order chi connectivity index (χ0) is 14.1. The Kier molecular flexibility index (Phi) is 3.43. The summed E-state index contributed by atoms with van der Waals surface area (Å²) in [7, 11) is 0. The first-order valence-electron chi connectivity index (χ1n) is 7.00. The molecule has 2 aromatic heterocycles. The van der Waals surface area contributed by atoms with E-state index >= 15 is 0 Å². The van der Waals surface area contributed by atoms with E-state index in [-0.39, 0.29) is 0 Å². The molecule has 0 amide bonds. The predicted molar refractivity (Wildman–Crippen MR) is 76.7 cm³/mol. The van der Waals surface area contributed by atoms with Crippen LogP contribution in [0.15, 0.2) is 6.20 Å². The van der Waals surface area contributed by atoms with Crippen LogP contribution in [0, 0.1) is 0 Å². The summed E-state index contributed by atoms with van der Waals surface area (Å²) in [6.07, 6.45) is 3.73. The lowest BCUT2D eigenvalue weighted by Crippen LogP contribution is -2.29. The van der Waals surface area contributed by atoms with E-state index in [1.807, 2.05) is 6.20 Å². The Bertz CT molecular complexity index is 602. The summed E-state index contributed by atoms with van der Waals surface area (Å²) in [5.41, 5.74) is 7.82. The number of anilines is 2. The summed E-state index contributed by atoms with van der Waals surface area (Å²) < 4.78 is 6.94. The van der Waals surface area contributed by atoms with Gasteiger partial charge in [0.2, 0.25) is 11.9 Å². The van der Waals surface area contributed by atoms with Crippen molar-refractivity contribution in [2.75, 3.05) is 24.3 Å². The van der Waals surface area contributed by atoms with Gasteiger partial charge in [-0.2, -0.15) is 19.6 Å². The zero-order valence-corrected chi connectivity index (χ0v) is 11.8. The molecule has 1 aliphatic heterocycles. The maximum atomic E-state index is 5.96. The smallest absolute Gasteiger partial charge is 0.228 e. The quantitative estimate of drug-likeness (QED) is 0.881. The van der Waals surface area contributed by atoms with Gasteiger partial charge in [-0.1, -0.05) is 13.8 Å². The second-order valence-corrected chi connectivity index (χ2v) is 5.43. The lowest BCUT2D eigenvalue weighted by Gasteiger charge is -2.23. The van der Waals surface area contributed by atoms with Gasteiger partial charge < -0.3 is 15.8 Å². The van der Waals surface area contributed by atoms with Crippen LogP contribution in [0.2, 0.25) is 0 Å². The highest BCUT2D eigenvalue weighted by Crippen LogP contribution is 2.21. The van der Waals surface area contributed by atoms with E-state index in [4.69, 9.17) is 10.5 Å². The number of aromatic nitrogens is 4. The Labute approximate surface area is 117 Å².